The Morgan fingerprint density at radius 1 is 0.854 bits per heavy atom. The molecule has 0 bridgehead atoms. The number of fused-ring (bicyclic) bond motifs is 1. The number of rotatable bonds is 12. The zero-order chi connectivity index (χ0) is 28.6. The van der Waals surface area contributed by atoms with E-state index < -0.39 is 0 Å². The molecule has 2 aliphatic rings. The third-order valence-corrected chi connectivity index (χ3v) is 7.36. The van der Waals surface area contributed by atoms with Gasteiger partial charge >= 0.3 is 5.97 Å². The largest absolute Gasteiger partial charge is 0.497 e. The molecule has 1 aliphatic carbocycles. The topological polar surface area (TPSA) is 61.1 Å². The summed E-state index contributed by atoms with van der Waals surface area (Å²) in [5.74, 6) is 1.96. The van der Waals surface area contributed by atoms with Gasteiger partial charge in [-0.25, -0.2) is 0 Å². The first-order valence-corrected chi connectivity index (χ1v) is 13.7. The molecule has 3 aromatic rings. The lowest BCUT2D eigenvalue weighted by molar-refractivity contribution is -0.131. The standard InChI is InChI=1S/C35H35NO5/c1-25(37)41-35-28(20-30-24-40-19-17-32(30)35)16-18-36(22-29-14-15-31(38-2)21-34(29)39-3)23-33(26-10-6-4-7-11-26)27-12-8-5-9-13-27/h4-15,17,19-21,24,33H,16,18,22-23H2,1-3H3. The zero-order valence-electron chi connectivity index (χ0n) is 23.7. The summed E-state index contributed by atoms with van der Waals surface area (Å²) in [7, 11) is 3.34. The number of ether oxygens (including phenoxy) is 3. The summed E-state index contributed by atoms with van der Waals surface area (Å²) in [5.41, 5.74) is 6.34. The molecule has 0 saturated heterocycles. The Balaban J connectivity index is 1.49. The smallest absolute Gasteiger partial charge is 0.308 e. The molecule has 1 heterocycles. The second-order valence-corrected chi connectivity index (χ2v) is 10.1. The van der Waals surface area contributed by atoms with Crippen molar-refractivity contribution in [3.05, 3.63) is 126 Å². The van der Waals surface area contributed by atoms with Crippen molar-refractivity contribution >= 4 is 5.97 Å². The van der Waals surface area contributed by atoms with Gasteiger partial charge in [0.2, 0.25) is 0 Å². The van der Waals surface area contributed by atoms with Gasteiger partial charge in [-0.3, -0.25) is 9.69 Å². The maximum absolute atomic E-state index is 12.0. The van der Waals surface area contributed by atoms with Crippen molar-refractivity contribution < 1.29 is 23.4 Å². The number of benzene rings is 3. The van der Waals surface area contributed by atoms with E-state index in [-0.39, 0.29) is 11.9 Å². The highest BCUT2D eigenvalue weighted by Crippen LogP contribution is 2.39. The van der Waals surface area contributed by atoms with Crippen molar-refractivity contribution in [1.82, 2.24) is 4.90 Å². The third-order valence-electron chi connectivity index (χ3n) is 7.36. The van der Waals surface area contributed by atoms with Crippen molar-refractivity contribution in [2.45, 2.75) is 25.8 Å². The summed E-state index contributed by atoms with van der Waals surface area (Å²) >= 11 is 0. The molecule has 6 nitrogen and oxygen atoms in total. The Hall–Kier alpha value is -4.55. The lowest BCUT2D eigenvalue weighted by Gasteiger charge is -2.29. The SMILES string of the molecule is COc1ccc(CN(CCc2cc3coccc-3c2OC(C)=O)CC(c2ccccc2)c2ccccc2)c(OC)c1. The number of esters is 1. The Labute approximate surface area is 241 Å². The van der Waals surface area contributed by atoms with Crippen LogP contribution >= 0.6 is 0 Å². The fraction of sp³-hybridized carbons (Fsp3) is 0.229. The molecule has 0 unspecified atom stereocenters. The Bertz CT molecular complexity index is 1490. The quantitative estimate of drug-likeness (QED) is 0.153. The van der Waals surface area contributed by atoms with Crippen LogP contribution in [0, 0.1) is 0 Å². The van der Waals surface area contributed by atoms with Crippen molar-refractivity contribution in [3.8, 4) is 28.4 Å². The van der Waals surface area contributed by atoms with Crippen LogP contribution < -0.4 is 14.2 Å². The predicted molar refractivity (Wildman–Crippen MR) is 160 cm³/mol. The van der Waals surface area contributed by atoms with E-state index in [4.69, 9.17) is 18.6 Å². The number of hydrogen-bond donors (Lipinski definition) is 0. The molecule has 41 heavy (non-hydrogen) atoms. The maximum Gasteiger partial charge on any atom is 0.308 e. The van der Waals surface area contributed by atoms with Gasteiger partial charge in [0, 0.05) is 55.2 Å². The highest BCUT2D eigenvalue weighted by atomic mass is 16.5. The van der Waals surface area contributed by atoms with Gasteiger partial charge in [0.25, 0.3) is 0 Å². The van der Waals surface area contributed by atoms with Crippen molar-refractivity contribution in [2.75, 3.05) is 27.3 Å². The van der Waals surface area contributed by atoms with Crippen LogP contribution in [-0.4, -0.2) is 38.2 Å². The van der Waals surface area contributed by atoms with Crippen LogP contribution in [0.5, 0.6) is 17.2 Å². The van der Waals surface area contributed by atoms with Crippen LogP contribution in [0.25, 0.3) is 11.1 Å². The molecule has 0 amide bonds. The minimum Gasteiger partial charge on any atom is -0.497 e. The molecule has 0 spiro atoms. The second kappa shape index (κ2) is 13.2. The summed E-state index contributed by atoms with van der Waals surface area (Å²) in [6, 6.07) is 31.1. The number of carbonyl (C=O) groups excluding carboxylic acids is 1. The van der Waals surface area contributed by atoms with Crippen LogP contribution in [0.15, 0.2) is 108 Å². The summed E-state index contributed by atoms with van der Waals surface area (Å²) in [6.45, 7) is 3.61. The van der Waals surface area contributed by atoms with Gasteiger partial charge in [-0.1, -0.05) is 66.7 Å². The molecule has 0 atom stereocenters. The van der Waals surface area contributed by atoms with Gasteiger partial charge in [-0.2, -0.15) is 0 Å². The normalized spacial score (nSPS) is 11.2. The molecule has 5 rings (SSSR count). The van der Waals surface area contributed by atoms with E-state index in [0.717, 1.165) is 46.8 Å². The molecule has 0 saturated carbocycles. The zero-order valence-corrected chi connectivity index (χ0v) is 23.7. The molecule has 210 valence electrons. The Kier molecular flexibility index (Phi) is 9.02. The fourth-order valence-corrected chi connectivity index (χ4v) is 5.34. The second-order valence-electron chi connectivity index (χ2n) is 10.1. The summed E-state index contributed by atoms with van der Waals surface area (Å²) in [4.78, 5) is 14.4. The molecular weight excluding hydrogens is 514 g/mol. The van der Waals surface area contributed by atoms with Crippen molar-refractivity contribution in [1.29, 1.82) is 0 Å². The van der Waals surface area contributed by atoms with Gasteiger partial charge in [0.15, 0.2) is 0 Å². The van der Waals surface area contributed by atoms with E-state index in [1.54, 1.807) is 26.7 Å². The molecule has 0 radical (unpaired) electrons. The highest BCUT2D eigenvalue weighted by Gasteiger charge is 2.23. The van der Waals surface area contributed by atoms with E-state index >= 15 is 0 Å². The Morgan fingerprint density at radius 3 is 2.20 bits per heavy atom. The van der Waals surface area contributed by atoms with Crippen LogP contribution in [0.2, 0.25) is 0 Å². The first-order chi connectivity index (χ1) is 20.1. The molecule has 1 aliphatic heterocycles. The molecule has 0 N–H and O–H groups in total. The summed E-state index contributed by atoms with van der Waals surface area (Å²) in [5, 5.41) is 0. The molecule has 0 fully saturated rings. The lowest BCUT2D eigenvalue weighted by atomic mass is 9.90. The van der Waals surface area contributed by atoms with Gasteiger partial charge in [0.05, 0.1) is 26.7 Å². The average molecular weight is 550 g/mol. The number of nitrogens with zero attached hydrogens (tertiary/aromatic N) is 1. The van der Waals surface area contributed by atoms with E-state index in [2.05, 4.69) is 77.7 Å². The van der Waals surface area contributed by atoms with E-state index in [1.807, 2.05) is 18.2 Å². The number of methoxy groups -OCH3 is 2. The maximum atomic E-state index is 12.0. The third kappa shape index (κ3) is 6.79. The Morgan fingerprint density at radius 2 is 1.56 bits per heavy atom. The van der Waals surface area contributed by atoms with Crippen LogP contribution in [0.1, 0.15) is 35.1 Å². The minimum absolute atomic E-state index is 0.159. The van der Waals surface area contributed by atoms with Gasteiger partial charge < -0.3 is 18.6 Å². The molecular formula is C35H35NO5. The van der Waals surface area contributed by atoms with Crippen molar-refractivity contribution in [3.63, 3.8) is 0 Å². The van der Waals surface area contributed by atoms with Crippen LogP contribution in [0.3, 0.4) is 0 Å². The van der Waals surface area contributed by atoms with E-state index in [9.17, 15) is 4.79 Å². The van der Waals surface area contributed by atoms with Gasteiger partial charge in [0.1, 0.15) is 17.2 Å². The molecule has 0 aromatic heterocycles. The number of hydrogen-bond acceptors (Lipinski definition) is 6. The highest BCUT2D eigenvalue weighted by molar-refractivity contribution is 5.81. The van der Waals surface area contributed by atoms with E-state index in [1.165, 1.54) is 18.1 Å². The predicted octanol–water partition coefficient (Wildman–Crippen LogP) is 7.20. The molecule has 6 heteroatoms. The lowest BCUT2D eigenvalue weighted by Crippen LogP contribution is -2.31. The summed E-state index contributed by atoms with van der Waals surface area (Å²) < 4.78 is 22.3. The average Bonchev–Trinajstić information content (AvgIpc) is 3.35. The van der Waals surface area contributed by atoms with Crippen LogP contribution in [0.4, 0.5) is 0 Å². The first-order valence-electron chi connectivity index (χ1n) is 13.7. The summed E-state index contributed by atoms with van der Waals surface area (Å²) in [6.07, 6.45) is 3.98. The fourth-order valence-electron chi connectivity index (χ4n) is 5.34. The number of carbonyl (C=O) groups is 1. The molecule has 3 aromatic carbocycles. The van der Waals surface area contributed by atoms with E-state index in [0.29, 0.717) is 18.7 Å². The first kappa shape index (κ1) is 28.0. The van der Waals surface area contributed by atoms with Crippen molar-refractivity contribution in [2.24, 2.45) is 0 Å². The van der Waals surface area contributed by atoms with Gasteiger partial charge in [-0.05, 0) is 41.3 Å². The minimum atomic E-state index is -0.340. The van der Waals surface area contributed by atoms with Crippen LogP contribution in [-0.2, 0) is 17.8 Å². The monoisotopic (exact) mass is 549 g/mol. The van der Waals surface area contributed by atoms with Gasteiger partial charge in [-0.15, -0.1) is 0 Å².